The van der Waals surface area contributed by atoms with E-state index in [1.165, 1.54) is 16.4 Å². The van der Waals surface area contributed by atoms with Gasteiger partial charge in [0.1, 0.15) is 5.82 Å². The van der Waals surface area contributed by atoms with Crippen LogP contribution in [-0.4, -0.2) is 51.5 Å². The molecular formula is C24H28ClFN2O4S. The van der Waals surface area contributed by atoms with Crippen LogP contribution >= 0.6 is 11.6 Å². The van der Waals surface area contributed by atoms with Gasteiger partial charge in [-0.3, -0.25) is 4.79 Å². The lowest BCUT2D eigenvalue weighted by molar-refractivity contribution is -0.126. The minimum Gasteiger partial charge on any atom is -0.381 e. The van der Waals surface area contributed by atoms with Crippen LogP contribution in [0.4, 0.5) is 4.39 Å². The van der Waals surface area contributed by atoms with Gasteiger partial charge in [-0.2, -0.15) is 4.31 Å². The second-order valence-corrected chi connectivity index (χ2v) is 11.1. The molecule has 33 heavy (non-hydrogen) atoms. The van der Waals surface area contributed by atoms with Crippen LogP contribution in [0.15, 0.2) is 53.4 Å². The maximum Gasteiger partial charge on any atom is 0.243 e. The van der Waals surface area contributed by atoms with Crippen LogP contribution in [-0.2, 0) is 25.0 Å². The first-order chi connectivity index (χ1) is 15.8. The van der Waals surface area contributed by atoms with E-state index in [2.05, 4.69) is 5.32 Å². The number of amides is 1. The first-order valence-corrected chi connectivity index (χ1v) is 13.0. The van der Waals surface area contributed by atoms with Crippen LogP contribution in [0.5, 0.6) is 0 Å². The summed E-state index contributed by atoms with van der Waals surface area (Å²) < 4.78 is 45.7. The predicted molar refractivity (Wildman–Crippen MR) is 124 cm³/mol. The van der Waals surface area contributed by atoms with Crippen LogP contribution in [0.25, 0.3) is 0 Å². The van der Waals surface area contributed by atoms with Gasteiger partial charge < -0.3 is 10.1 Å². The van der Waals surface area contributed by atoms with Crippen LogP contribution < -0.4 is 5.32 Å². The lowest BCUT2D eigenvalue weighted by Crippen LogP contribution is -2.48. The van der Waals surface area contributed by atoms with Gasteiger partial charge in [-0.25, -0.2) is 12.8 Å². The van der Waals surface area contributed by atoms with Crippen molar-refractivity contribution in [3.63, 3.8) is 0 Å². The number of ether oxygens (including phenoxy) is 1. The van der Waals surface area contributed by atoms with Gasteiger partial charge in [-0.1, -0.05) is 23.7 Å². The molecule has 0 aliphatic carbocycles. The number of rotatable bonds is 6. The van der Waals surface area contributed by atoms with Crippen LogP contribution in [0.2, 0.25) is 5.02 Å². The Morgan fingerprint density at radius 2 is 1.67 bits per heavy atom. The third kappa shape index (κ3) is 5.40. The Bertz CT molecular complexity index is 1060. The molecule has 1 N–H and O–H groups in total. The molecule has 0 unspecified atom stereocenters. The summed E-state index contributed by atoms with van der Waals surface area (Å²) in [6, 6.07) is 12.6. The first-order valence-electron chi connectivity index (χ1n) is 11.2. The van der Waals surface area contributed by atoms with Crippen molar-refractivity contribution < 1.29 is 22.3 Å². The molecule has 2 aromatic carbocycles. The molecule has 0 aromatic heterocycles. The molecule has 0 radical (unpaired) electrons. The summed E-state index contributed by atoms with van der Waals surface area (Å²) in [5.74, 6) is -0.773. The highest BCUT2D eigenvalue weighted by atomic mass is 35.5. The molecule has 2 aliphatic rings. The second-order valence-electron chi connectivity index (χ2n) is 8.75. The third-order valence-electron chi connectivity index (χ3n) is 6.78. The molecule has 0 atom stereocenters. The summed E-state index contributed by atoms with van der Waals surface area (Å²) in [7, 11) is -3.70. The molecule has 2 aliphatic heterocycles. The molecule has 9 heteroatoms. The highest BCUT2D eigenvalue weighted by Crippen LogP contribution is 2.35. The van der Waals surface area contributed by atoms with Crippen LogP contribution in [0.1, 0.15) is 31.2 Å². The molecule has 0 spiro atoms. The Morgan fingerprint density at radius 1 is 1.06 bits per heavy atom. The number of halogens is 2. The van der Waals surface area contributed by atoms with Gasteiger partial charge >= 0.3 is 0 Å². The average molecular weight is 495 g/mol. The molecule has 0 bridgehead atoms. The molecule has 6 nitrogen and oxygen atoms in total. The normalized spacial score (nSPS) is 19.8. The Kier molecular flexibility index (Phi) is 7.38. The van der Waals surface area contributed by atoms with Gasteiger partial charge in [0, 0.05) is 49.2 Å². The van der Waals surface area contributed by atoms with Crippen LogP contribution in [0.3, 0.4) is 0 Å². The van der Waals surface area contributed by atoms with E-state index in [1.807, 2.05) is 24.3 Å². The van der Waals surface area contributed by atoms with Gasteiger partial charge in [0.2, 0.25) is 15.9 Å². The number of hydrogen-bond donors (Lipinski definition) is 1. The van der Waals surface area contributed by atoms with E-state index in [9.17, 15) is 17.6 Å². The molecule has 1 amide bonds. The van der Waals surface area contributed by atoms with E-state index in [-0.39, 0.29) is 35.2 Å². The fraction of sp³-hybridized carbons (Fsp3) is 0.458. The number of nitrogens with one attached hydrogen (secondary N) is 1. The smallest absolute Gasteiger partial charge is 0.243 e. The maximum atomic E-state index is 13.2. The predicted octanol–water partition coefficient (Wildman–Crippen LogP) is 3.74. The molecule has 2 fully saturated rings. The number of benzene rings is 2. The first kappa shape index (κ1) is 24.1. The molecule has 178 valence electrons. The fourth-order valence-electron chi connectivity index (χ4n) is 4.65. The van der Waals surface area contributed by atoms with Gasteiger partial charge in [0.05, 0.1) is 4.90 Å². The summed E-state index contributed by atoms with van der Waals surface area (Å²) >= 11 is 6.06. The Labute approximate surface area is 199 Å². The lowest BCUT2D eigenvalue weighted by Gasteiger charge is -2.38. The number of carbonyl (C=O) groups excluding carboxylic acids is 1. The third-order valence-corrected chi connectivity index (χ3v) is 8.95. The number of hydrogen-bond acceptors (Lipinski definition) is 4. The Morgan fingerprint density at radius 3 is 2.27 bits per heavy atom. The van der Waals surface area contributed by atoms with E-state index >= 15 is 0 Å². The largest absolute Gasteiger partial charge is 0.381 e. The molecule has 2 aromatic rings. The second kappa shape index (κ2) is 10.1. The topological polar surface area (TPSA) is 75.7 Å². The summed E-state index contributed by atoms with van der Waals surface area (Å²) in [5, 5.41) is 3.80. The van der Waals surface area contributed by atoms with Gasteiger partial charge in [-0.15, -0.1) is 0 Å². The highest BCUT2D eigenvalue weighted by Gasteiger charge is 2.37. The quantitative estimate of drug-likeness (QED) is 0.663. The lowest BCUT2D eigenvalue weighted by atomic mass is 9.74. The van der Waals surface area contributed by atoms with E-state index in [0.29, 0.717) is 37.6 Å². The minimum absolute atomic E-state index is 0.0475. The highest BCUT2D eigenvalue weighted by molar-refractivity contribution is 7.89. The summed E-state index contributed by atoms with van der Waals surface area (Å²) in [4.78, 5) is 13.0. The van der Waals surface area contributed by atoms with E-state index < -0.39 is 15.8 Å². The number of sulfonamides is 1. The van der Waals surface area contributed by atoms with Crippen molar-refractivity contribution in [3.05, 3.63) is 64.9 Å². The average Bonchev–Trinajstić information content (AvgIpc) is 2.84. The van der Waals surface area contributed by atoms with Gasteiger partial charge in [-0.05, 0) is 67.6 Å². The van der Waals surface area contributed by atoms with Crippen molar-refractivity contribution in [2.75, 3.05) is 32.8 Å². The zero-order valence-corrected chi connectivity index (χ0v) is 19.9. The number of piperidine rings is 1. The number of carbonyl (C=O) groups is 1. The van der Waals surface area contributed by atoms with Gasteiger partial charge in [0.25, 0.3) is 0 Å². The van der Waals surface area contributed by atoms with Crippen molar-refractivity contribution in [2.45, 2.75) is 36.0 Å². The van der Waals surface area contributed by atoms with Crippen molar-refractivity contribution in [3.8, 4) is 0 Å². The van der Waals surface area contributed by atoms with Crippen LogP contribution in [0, 0.1) is 11.7 Å². The summed E-state index contributed by atoms with van der Waals surface area (Å²) in [6.45, 7) is 2.29. The Hall–Kier alpha value is -2.00. The minimum atomic E-state index is -3.70. The maximum absolute atomic E-state index is 13.2. The monoisotopic (exact) mass is 494 g/mol. The Balaban J connectivity index is 1.36. The summed E-state index contributed by atoms with van der Waals surface area (Å²) in [6.07, 6.45) is 2.51. The zero-order chi connectivity index (χ0) is 23.5. The summed E-state index contributed by atoms with van der Waals surface area (Å²) in [5.41, 5.74) is 0.932. The molecule has 0 saturated carbocycles. The van der Waals surface area contributed by atoms with Crippen molar-refractivity contribution >= 4 is 27.5 Å². The SMILES string of the molecule is O=C(NCC1(c2ccc(Cl)cc2)CCOCC1)C1CCN(S(=O)(=O)c2ccc(F)cc2)CC1. The van der Waals surface area contributed by atoms with E-state index in [0.717, 1.165) is 30.5 Å². The van der Waals surface area contributed by atoms with E-state index in [1.54, 1.807) is 0 Å². The number of nitrogens with zero attached hydrogens (tertiary/aromatic N) is 1. The van der Waals surface area contributed by atoms with Crippen molar-refractivity contribution in [1.82, 2.24) is 9.62 Å². The van der Waals surface area contributed by atoms with Crippen molar-refractivity contribution in [2.24, 2.45) is 5.92 Å². The zero-order valence-electron chi connectivity index (χ0n) is 18.3. The molecule has 2 saturated heterocycles. The van der Waals surface area contributed by atoms with Crippen molar-refractivity contribution in [1.29, 1.82) is 0 Å². The molecule has 4 rings (SSSR count). The molecular weight excluding hydrogens is 467 g/mol. The fourth-order valence-corrected chi connectivity index (χ4v) is 6.24. The standard InChI is InChI=1S/C24H28ClFN2O4S/c25-20-3-1-19(2-4-20)24(11-15-32-16-12-24)17-27-23(29)18-9-13-28(14-10-18)33(30,31)22-7-5-21(26)6-8-22/h1-8,18H,9-17H2,(H,27,29). The van der Waals surface area contributed by atoms with E-state index in [4.69, 9.17) is 16.3 Å². The molecule has 2 heterocycles. The van der Waals surface area contributed by atoms with Gasteiger partial charge in [0.15, 0.2) is 0 Å².